The van der Waals surface area contributed by atoms with E-state index in [1.54, 1.807) is 18.3 Å². The van der Waals surface area contributed by atoms with Gasteiger partial charge in [0.1, 0.15) is 12.7 Å². The lowest BCUT2D eigenvalue weighted by Crippen LogP contribution is -2.35. The summed E-state index contributed by atoms with van der Waals surface area (Å²) < 4.78 is 10.6. The average molecular weight is 279 g/mol. The van der Waals surface area contributed by atoms with Crippen LogP contribution in [0.15, 0.2) is 18.3 Å². The van der Waals surface area contributed by atoms with Crippen LogP contribution >= 0.6 is 0 Å². The predicted octanol–water partition coefficient (Wildman–Crippen LogP) is 1.14. The molecule has 1 aromatic rings. The Morgan fingerprint density at radius 2 is 2.20 bits per heavy atom. The number of nitrogens with one attached hydrogen (secondary N) is 1. The molecule has 0 radical (unpaired) electrons. The summed E-state index contributed by atoms with van der Waals surface area (Å²) in [5, 5.41) is 2.69. The molecule has 110 valence electrons. The molecule has 0 unspecified atom stereocenters. The van der Waals surface area contributed by atoms with E-state index in [9.17, 15) is 4.79 Å². The molecular weight excluding hydrogens is 258 g/mol. The van der Waals surface area contributed by atoms with E-state index >= 15 is 0 Å². The zero-order valence-electron chi connectivity index (χ0n) is 12.0. The highest BCUT2D eigenvalue weighted by atomic mass is 16.5. The Bertz CT molecular complexity index is 428. The highest BCUT2D eigenvalue weighted by molar-refractivity contribution is 5.91. The first-order chi connectivity index (χ1) is 9.67. The van der Waals surface area contributed by atoms with Crippen molar-refractivity contribution in [3.8, 4) is 5.88 Å². The van der Waals surface area contributed by atoms with Crippen LogP contribution in [0.3, 0.4) is 0 Å². The number of amides is 1. The van der Waals surface area contributed by atoms with Gasteiger partial charge in [0.2, 0.25) is 11.8 Å². The summed E-state index contributed by atoms with van der Waals surface area (Å²) in [6, 6.07) is 3.56. The van der Waals surface area contributed by atoms with Crippen LogP contribution in [0.5, 0.6) is 5.88 Å². The summed E-state index contributed by atoms with van der Waals surface area (Å²) >= 11 is 0. The van der Waals surface area contributed by atoms with Crippen molar-refractivity contribution in [3.63, 3.8) is 0 Å². The number of anilines is 1. The van der Waals surface area contributed by atoms with Gasteiger partial charge in [0.05, 0.1) is 11.9 Å². The Kier molecular flexibility index (Phi) is 5.31. The van der Waals surface area contributed by atoms with Crippen molar-refractivity contribution in [2.75, 3.05) is 39.2 Å². The van der Waals surface area contributed by atoms with Gasteiger partial charge in [-0.3, -0.25) is 4.79 Å². The van der Waals surface area contributed by atoms with E-state index in [2.05, 4.69) is 22.2 Å². The SMILES string of the molecule is COCC(=O)Nc1ccc(OC2CCN(C)CC2)nc1. The van der Waals surface area contributed by atoms with Crippen molar-refractivity contribution in [1.29, 1.82) is 0 Å². The molecule has 1 aliphatic heterocycles. The number of ether oxygens (including phenoxy) is 2. The van der Waals surface area contributed by atoms with Gasteiger partial charge in [0, 0.05) is 26.3 Å². The van der Waals surface area contributed by atoms with Crippen LogP contribution in [-0.2, 0) is 9.53 Å². The summed E-state index contributed by atoms with van der Waals surface area (Å²) in [6.45, 7) is 2.14. The molecule has 6 heteroatoms. The van der Waals surface area contributed by atoms with Gasteiger partial charge >= 0.3 is 0 Å². The maximum Gasteiger partial charge on any atom is 0.250 e. The molecule has 1 aromatic heterocycles. The second-order valence-corrected chi connectivity index (χ2v) is 4.99. The number of carbonyl (C=O) groups excluding carboxylic acids is 1. The fourth-order valence-corrected chi connectivity index (χ4v) is 2.13. The summed E-state index contributed by atoms with van der Waals surface area (Å²) in [7, 11) is 3.60. The minimum Gasteiger partial charge on any atom is -0.474 e. The van der Waals surface area contributed by atoms with Crippen LogP contribution in [0.4, 0.5) is 5.69 Å². The van der Waals surface area contributed by atoms with Crippen molar-refractivity contribution in [3.05, 3.63) is 18.3 Å². The zero-order chi connectivity index (χ0) is 14.4. The van der Waals surface area contributed by atoms with Crippen molar-refractivity contribution in [1.82, 2.24) is 9.88 Å². The van der Waals surface area contributed by atoms with Gasteiger partial charge in [-0.05, 0) is 26.0 Å². The number of carbonyl (C=O) groups is 1. The van der Waals surface area contributed by atoms with Crippen molar-refractivity contribution < 1.29 is 14.3 Å². The number of methoxy groups -OCH3 is 1. The molecule has 0 saturated carbocycles. The number of hydrogen-bond donors (Lipinski definition) is 1. The maximum absolute atomic E-state index is 11.3. The second-order valence-electron chi connectivity index (χ2n) is 4.99. The zero-order valence-corrected chi connectivity index (χ0v) is 12.0. The minimum atomic E-state index is -0.196. The Balaban J connectivity index is 1.83. The molecule has 0 spiro atoms. The predicted molar refractivity (Wildman–Crippen MR) is 75.9 cm³/mol. The molecule has 0 atom stereocenters. The molecule has 1 fully saturated rings. The molecule has 1 N–H and O–H groups in total. The van der Waals surface area contributed by atoms with Gasteiger partial charge in [0.25, 0.3) is 0 Å². The number of pyridine rings is 1. The third kappa shape index (κ3) is 4.47. The number of piperidine rings is 1. The molecule has 2 heterocycles. The van der Waals surface area contributed by atoms with Crippen molar-refractivity contribution >= 4 is 11.6 Å². The van der Waals surface area contributed by atoms with Gasteiger partial charge in [-0.15, -0.1) is 0 Å². The normalized spacial score (nSPS) is 16.9. The summed E-state index contributed by atoms with van der Waals surface area (Å²) in [4.78, 5) is 17.9. The number of likely N-dealkylation sites (tertiary alicyclic amines) is 1. The van der Waals surface area contributed by atoms with Gasteiger partial charge < -0.3 is 19.7 Å². The molecule has 1 aliphatic rings. The highest BCUT2D eigenvalue weighted by Crippen LogP contribution is 2.17. The first-order valence-electron chi connectivity index (χ1n) is 6.77. The molecule has 6 nitrogen and oxygen atoms in total. The van der Waals surface area contributed by atoms with Crippen LogP contribution in [0.25, 0.3) is 0 Å². The quantitative estimate of drug-likeness (QED) is 0.875. The van der Waals surface area contributed by atoms with Gasteiger partial charge in [-0.2, -0.15) is 0 Å². The van der Waals surface area contributed by atoms with E-state index in [4.69, 9.17) is 9.47 Å². The smallest absolute Gasteiger partial charge is 0.250 e. The van der Waals surface area contributed by atoms with E-state index in [1.165, 1.54) is 7.11 Å². The first kappa shape index (κ1) is 14.7. The van der Waals surface area contributed by atoms with Crippen LogP contribution in [0, 0.1) is 0 Å². The average Bonchev–Trinajstić information content (AvgIpc) is 2.44. The Hall–Kier alpha value is -1.66. The number of rotatable bonds is 5. The van der Waals surface area contributed by atoms with Crippen LogP contribution < -0.4 is 10.1 Å². The van der Waals surface area contributed by atoms with E-state index in [0.29, 0.717) is 11.6 Å². The Labute approximate surface area is 119 Å². The minimum absolute atomic E-state index is 0.0356. The molecule has 2 rings (SSSR count). The lowest BCUT2D eigenvalue weighted by Gasteiger charge is -2.28. The Morgan fingerprint density at radius 1 is 1.45 bits per heavy atom. The van der Waals surface area contributed by atoms with E-state index in [0.717, 1.165) is 25.9 Å². The van der Waals surface area contributed by atoms with Crippen LogP contribution in [-0.4, -0.2) is 55.7 Å². The largest absolute Gasteiger partial charge is 0.474 e. The molecule has 0 aliphatic carbocycles. The fourth-order valence-electron chi connectivity index (χ4n) is 2.13. The molecule has 20 heavy (non-hydrogen) atoms. The molecule has 1 saturated heterocycles. The summed E-state index contributed by atoms with van der Waals surface area (Å²) in [6.07, 6.45) is 3.86. The van der Waals surface area contributed by atoms with E-state index in [-0.39, 0.29) is 18.6 Å². The van der Waals surface area contributed by atoms with Crippen molar-refractivity contribution in [2.45, 2.75) is 18.9 Å². The summed E-state index contributed by atoms with van der Waals surface area (Å²) in [5.74, 6) is 0.405. The second kappa shape index (κ2) is 7.21. The van der Waals surface area contributed by atoms with Gasteiger partial charge in [-0.25, -0.2) is 4.98 Å². The van der Waals surface area contributed by atoms with E-state index in [1.807, 2.05) is 0 Å². The van der Waals surface area contributed by atoms with Gasteiger partial charge in [0.15, 0.2) is 0 Å². The monoisotopic (exact) mass is 279 g/mol. The number of hydrogen-bond acceptors (Lipinski definition) is 5. The van der Waals surface area contributed by atoms with Gasteiger partial charge in [-0.1, -0.05) is 0 Å². The molecule has 0 bridgehead atoms. The third-order valence-electron chi connectivity index (χ3n) is 3.25. The molecule has 0 aromatic carbocycles. The topological polar surface area (TPSA) is 63.7 Å². The van der Waals surface area contributed by atoms with Crippen LogP contribution in [0.2, 0.25) is 0 Å². The van der Waals surface area contributed by atoms with Crippen LogP contribution in [0.1, 0.15) is 12.8 Å². The lowest BCUT2D eigenvalue weighted by atomic mass is 10.1. The Morgan fingerprint density at radius 3 is 2.80 bits per heavy atom. The molecule has 1 amide bonds. The highest BCUT2D eigenvalue weighted by Gasteiger charge is 2.18. The van der Waals surface area contributed by atoms with E-state index < -0.39 is 0 Å². The standard InChI is InChI=1S/C14H21N3O3/c1-17-7-5-12(6-8-17)20-14-4-3-11(9-15-14)16-13(18)10-19-2/h3-4,9,12H,5-8,10H2,1-2H3,(H,16,18). The molecular formula is C14H21N3O3. The number of nitrogens with zero attached hydrogens (tertiary/aromatic N) is 2. The third-order valence-corrected chi connectivity index (χ3v) is 3.25. The van der Waals surface area contributed by atoms with Crippen molar-refractivity contribution in [2.24, 2.45) is 0 Å². The summed E-state index contributed by atoms with van der Waals surface area (Å²) in [5.41, 5.74) is 0.641. The lowest BCUT2D eigenvalue weighted by molar-refractivity contribution is -0.119. The maximum atomic E-state index is 11.3. The fraction of sp³-hybridized carbons (Fsp3) is 0.571. The number of aromatic nitrogens is 1. The first-order valence-corrected chi connectivity index (χ1v) is 6.77.